The molecule has 0 spiro atoms. The molecule has 0 amide bonds. The lowest BCUT2D eigenvalue weighted by atomic mass is 10.2. The largest absolute Gasteiger partial charge is 0.462 e. The highest BCUT2D eigenvalue weighted by molar-refractivity contribution is 9.10. The van der Waals surface area contributed by atoms with Crippen LogP contribution in [0.4, 0.5) is 0 Å². The van der Waals surface area contributed by atoms with E-state index in [4.69, 9.17) is 5.84 Å². The molecule has 0 aromatic heterocycles. The van der Waals surface area contributed by atoms with Gasteiger partial charge in [-0.2, -0.15) is 0 Å². The smallest absolute Gasteiger partial charge is 0.293 e. The first-order chi connectivity index (χ1) is 7.89. The molecule has 1 rings (SSSR count). The summed E-state index contributed by atoms with van der Waals surface area (Å²) in [6, 6.07) is 8.02. The van der Waals surface area contributed by atoms with Crippen molar-refractivity contribution in [1.82, 2.24) is 5.43 Å². The first kappa shape index (κ1) is 16.1. The van der Waals surface area contributed by atoms with Crippen molar-refractivity contribution in [3.8, 4) is 0 Å². The Morgan fingerprint density at radius 3 is 2.18 bits per heavy atom. The van der Waals surface area contributed by atoms with Crippen LogP contribution in [0.25, 0.3) is 0 Å². The van der Waals surface area contributed by atoms with Gasteiger partial charge in [-0.1, -0.05) is 28.1 Å². The topological polar surface area (TPSA) is 64.3 Å². The number of nitrogens with one attached hydrogen (secondary N) is 1. The molecule has 0 atom stereocenters. The standard InChI is InChI=1S/C7H9BrN2.C5H10O2/c8-7-3-1-6(2-4-7)5-10-9;1-5(2,3)7-4-6/h1-4,10H,5,9H2;4H,1-3H3. The molecule has 0 saturated carbocycles. The number of rotatable bonds is 3. The summed E-state index contributed by atoms with van der Waals surface area (Å²) in [7, 11) is 0. The number of hydrogen-bond donors (Lipinski definition) is 2. The van der Waals surface area contributed by atoms with Gasteiger partial charge in [0.25, 0.3) is 6.47 Å². The second-order valence-electron chi connectivity index (χ2n) is 4.33. The van der Waals surface area contributed by atoms with E-state index < -0.39 is 0 Å². The van der Waals surface area contributed by atoms with Crippen LogP contribution in [0.15, 0.2) is 28.7 Å². The number of carbonyl (C=O) groups excluding carboxylic acids is 1. The first-order valence-corrected chi connectivity index (χ1v) is 5.97. The van der Waals surface area contributed by atoms with Gasteiger partial charge in [0.05, 0.1) is 0 Å². The fourth-order valence-electron chi connectivity index (χ4n) is 0.864. The fourth-order valence-corrected chi connectivity index (χ4v) is 1.13. The van der Waals surface area contributed by atoms with Crippen molar-refractivity contribution in [3.63, 3.8) is 0 Å². The first-order valence-electron chi connectivity index (χ1n) is 5.18. The molecule has 5 heteroatoms. The Hall–Kier alpha value is -0.910. The molecule has 0 bridgehead atoms. The van der Waals surface area contributed by atoms with Crippen LogP contribution < -0.4 is 11.3 Å². The summed E-state index contributed by atoms with van der Waals surface area (Å²) in [5.74, 6) is 5.14. The van der Waals surface area contributed by atoms with E-state index >= 15 is 0 Å². The Labute approximate surface area is 111 Å². The van der Waals surface area contributed by atoms with Gasteiger partial charge in [-0.3, -0.25) is 16.1 Å². The SMILES string of the molecule is CC(C)(C)OC=O.NNCc1ccc(Br)cc1. The van der Waals surface area contributed by atoms with Gasteiger partial charge in [-0.15, -0.1) is 0 Å². The van der Waals surface area contributed by atoms with Crippen LogP contribution in [0.3, 0.4) is 0 Å². The van der Waals surface area contributed by atoms with Crippen molar-refractivity contribution < 1.29 is 9.53 Å². The van der Waals surface area contributed by atoms with Crippen molar-refractivity contribution in [2.45, 2.75) is 32.9 Å². The summed E-state index contributed by atoms with van der Waals surface area (Å²) in [6.45, 7) is 6.64. The van der Waals surface area contributed by atoms with E-state index in [1.165, 1.54) is 5.56 Å². The summed E-state index contributed by atoms with van der Waals surface area (Å²) in [5, 5.41) is 0. The predicted octanol–water partition coefficient (Wildman–Crippen LogP) is 2.37. The molecular formula is C12H19BrN2O2. The minimum Gasteiger partial charge on any atom is -0.462 e. The second-order valence-corrected chi connectivity index (χ2v) is 5.25. The Morgan fingerprint density at radius 1 is 1.35 bits per heavy atom. The molecule has 1 aromatic rings. The van der Waals surface area contributed by atoms with Gasteiger partial charge in [0.2, 0.25) is 0 Å². The van der Waals surface area contributed by atoms with Gasteiger partial charge in [0, 0.05) is 11.0 Å². The highest BCUT2D eigenvalue weighted by Gasteiger charge is 2.07. The Morgan fingerprint density at radius 2 is 1.88 bits per heavy atom. The third-order valence-corrected chi connectivity index (χ3v) is 2.15. The lowest BCUT2D eigenvalue weighted by molar-refractivity contribution is -0.138. The highest BCUT2D eigenvalue weighted by atomic mass is 79.9. The third kappa shape index (κ3) is 9.99. The molecule has 0 aliphatic carbocycles. The molecule has 1 aromatic carbocycles. The van der Waals surface area contributed by atoms with Gasteiger partial charge < -0.3 is 4.74 Å². The van der Waals surface area contributed by atoms with Gasteiger partial charge >= 0.3 is 0 Å². The molecule has 0 fully saturated rings. The molecule has 0 heterocycles. The summed E-state index contributed by atoms with van der Waals surface area (Å²) in [5.41, 5.74) is 3.46. The second kappa shape index (κ2) is 8.22. The van der Waals surface area contributed by atoms with E-state index in [1.54, 1.807) is 0 Å². The zero-order chi connectivity index (χ0) is 13.3. The van der Waals surface area contributed by atoms with Crippen LogP contribution in [0.1, 0.15) is 26.3 Å². The fraction of sp³-hybridized carbons (Fsp3) is 0.417. The average Bonchev–Trinajstić information content (AvgIpc) is 2.21. The van der Waals surface area contributed by atoms with Gasteiger partial charge in [-0.25, -0.2) is 0 Å². The molecule has 0 unspecified atom stereocenters. The van der Waals surface area contributed by atoms with Crippen LogP contribution in [-0.4, -0.2) is 12.1 Å². The molecule has 0 saturated heterocycles. The molecule has 17 heavy (non-hydrogen) atoms. The summed E-state index contributed by atoms with van der Waals surface area (Å²) in [6.07, 6.45) is 0. The molecule has 4 nitrogen and oxygen atoms in total. The minimum atomic E-state index is -0.318. The third-order valence-electron chi connectivity index (χ3n) is 1.62. The number of nitrogens with two attached hydrogens (primary N) is 1. The Bertz CT molecular complexity index is 320. The number of hydrogen-bond acceptors (Lipinski definition) is 4. The van der Waals surface area contributed by atoms with E-state index in [0.29, 0.717) is 13.0 Å². The molecule has 0 aliphatic heterocycles. The average molecular weight is 303 g/mol. The Balaban J connectivity index is 0.000000325. The summed E-state index contributed by atoms with van der Waals surface area (Å²) >= 11 is 3.34. The Kier molecular flexibility index (Phi) is 7.78. The number of ether oxygens (including phenoxy) is 1. The maximum atomic E-state index is 9.60. The minimum absolute atomic E-state index is 0.318. The van der Waals surface area contributed by atoms with E-state index in [0.717, 1.165) is 4.47 Å². The van der Waals surface area contributed by atoms with Crippen LogP contribution in [0.5, 0.6) is 0 Å². The van der Waals surface area contributed by atoms with Gasteiger partial charge in [-0.05, 0) is 38.5 Å². The molecule has 0 radical (unpaired) electrons. The molecule has 96 valence electrons. The lowest BCUT2D eigenvalue weighted by Crippen LogP contribution is -2.20. The monoisotopic (exact) mass is 302 g/mol. The van der Waals surface area contributed by atoms with Crippen LogP contribution in [0.2, 0.25) is 0 Å². The van der Waals surface area contributed by atoms with Crippen LogP contribution in [-0.2, 0) is 16.1 Å². The van der Waals surface area contributed by atoms with Gasteiger partial charge in [0.1, 0.15) is 5.60 Å². The lowest BCUT2D eigenvalue weighted by Gasteiger charge is -2.14. The van der Waals surface area contributed by atoms with Crippen molar-refractivity contribution >= 4 is 22.4 Å². The number of carbonyl (C=O) groups is 1. The van der Waals surface area contributed by atoms with Crippen molar-refractivity contribution in [3.05, 3.63) is 34.3 Å². The summed E-state index contributed by atoms with van der Waals surface area (Å²) < 4.78 is 5.64. The molecule has 0 aliphatic rings. The predicted molar refractivity (Wildman–Crippen MR) is 72.1 cm³/mol. The quantitative estimate of drug-likeness (QED) is 0.511. The number of benzene rings is 1. The molecular weight excluding hydrogens is 284 g/mol. The maximum Gasteiger partial charge on any atom is 0.293 e. The van der Waals surface area contributed by atoms with Crippen LogP contribution in [0, 0.1) is 0 Å². The zero-order valence-electron chi connectivity index (χ0n) is 10.4. The maximum absolute atomic E-state index is 9.60. The normalized spacial score (nSPS) is 10.2. The zero-order valence-corrected chi connectivity index (χ0v) is 12.0. The number of halogens is 1. The van der Waals surface area contributed by atoms with E-state index in [2.05, 4.69) is 26.1 Å². The van der Waals surface area contributed by atoms with Crippen molar-refractivity contribution in [2.75, 3.05) is 0 Å². The van der Waals surface area contributed by atoms with Crippen molar-refractivity contribution in [2.24, 2.45) is 5.84 Å². The summed E-state index contributed by atoms with van der Waals surface area (Å²) in [4.78, 5) is 9.60. The molecule has 3 N–H and O–H groups in total. The van der Waals surface area contributed by atoms with Crippen LogP contribution >= 0.6 is 15.9 Å². The highest BCUT2D eigenvalue weighted by Crippen LogP contribution is 2.09. The van der Waals surface area contributed by atoms with Crippen molar-refractivity contribution in [1.29, 1.82) is 0 Å². The van der Waals surface area contributed by atoms with E-state index in [-0.39, 0.29) is 5.60 Å². The van der Waals surface area contributed by atoms with E-state index in [9.17, 15) is 4.79 Å². The van der Waals surface area contributed by atoms with Gasteiger partial charge in [0.15, 0.2) is 0 Å². The van der Waals surface area contributed by atoms with E-state index in [1.807, 2.05) is 45.0 Å². The number of hydrazine groups is 1.